The minimum atomic E-state index is -2.37. The molecule has 1 unspecified atom stereocenters. The largest absolute Gasteiger partial charge is 0.324 e. The Balaban J connectivity index is 1.94. The summed E-state index contributed by atoms with van der Waals surface area (Å²) in [4.78, 5) is 18.6. The number of nitrogens with zero attached hydrogens (tertiary/aromatic N) is 3. The van der Waals surface area contributed by atoms with Crippen LogP contribution in [-0.4, -0.2) is 41.3 Å². The molecule has 1 aromatic heterocycles. The number of hydrogen-bond acceptors (Lipinski definition) is 4. The highest BCUT2D eigenvalue weighted by molar-refractivity contribution is 7.98. The van der Waals surface area contributed by atoms with Crippen molar-refractivity contribution < 1.29 is 13.6 Å². The predicted molar refractivity (Wildman–Crippen MR) is 128 cm³/mol. The molecule has 0 fully saturated rings. The van der Waals surface area contributed by atoms with Gasteiger partial charge >= 0.3 is 0 Å². The van der Waals surface area contributed by atoms with Gasteiger partial charge in [-0.05, 0) is 55.5 Å². The first-order valence-corrected chi connectivity index (χ1v) is 12.7. The summed E-state index contributed by atoms with van der Waals surface area (Å²) in [5.74, 6) is 0.335. The molecule has 31 heavy (non-hydrogen) atoms. The summed E-state index contributed by atoms with van der Waals surface area (Å²) >= 11 is 5.74. The van der Waals surface area contributed by atoms with Gasteiger partial charge in [-0.1, -0.05) is 37.4 Å². The summed E-state index contributed by atoms with van der Waals surface area (Å²) in [7, 11) is 0. The summed E-state index contributed by atoms with van der Waals surface area (Å²) in [6, 6.07) is 11.1. The van der Waals surface area contributed by atoms with E-state index < -0.39 is 17.2 Å². The maximum atomic E-state index is 12.9. The summed E-state index contributed by atoms with van der Waals surface area (Å²) < 4.78 is 24.4. The lowest BCUT2D eigenvalue weighted by molar-refractivity contribution is 0.0858. The van der Waals surface area contributed by atoms with Crippen LogP contribution in [0.15, 0.2) is 41.3 Å². The van der Waals surface area contributed by atoms with Gasteiger partial charge in [0.2, 0.25) is 0 Å². The molecule has 0 radical (unpaired) electrons. The minimum Gasteiger partial charge on any atom is -0.324 e. The van der Waals surface area contributed by atoms with Crippen molar-refractivity contribution in [2.24, 2.45) is 0 Å². The number of fused-ring (bicyclic) bond motifs is 1. The number of carbonyl (C=O) groups excluding carboxylic acids is 1. The van der Waals surface area contributed by atoms with Crippen LogP contribution in [0.4, 0.5) is 0 Å². The lowest BCUT2D eigenvalue weighted by atomic mass is 10.1. The van der Waals surface area contributed by atoms with Gasteiger partial charge in [0.05, 0.1) is 17.6 Å². The Bertz CT molecular complexity index is 1120. The van der Waals surface area contributed by atoms with Crippen LogP contribution < -0.4 is 0 Å². The molecular formula is C22H26ClN3O3S2. The van der Waals surface area contributed by atoms with E-state index in [1.165, 1.54) is 0 Å². The van der Waals surface area contributed by atoms with Crippen LogP contribution in [0.5, 0.6) is 0 Å². The van der Waals surface area contributed by atoms with E-state index >= 15 is 0 Å². The maximum absolute atomic E-state index is 12.9. The van der Waals surface area contributed by atoms with E-state index in [0.717, 1.165) is 44.5 Å². The number of amides is 1. The fraction of sp³-hybridized carbons (Fsp3) is 0.364. The highest BCUT2D eigenvalue weighted by Crippen LogP contribution is 2.26. The molecule has 1 atom stereocenters. The molecule has 1 amide bonds. The fourth-order valence-electron chi connectivity index (χ4n) is 3.43. The Morgan fingerprint density at radius 2 is 2.03 bits per heavy atom. The highest BCUT2D eigenvalue weighted by atomic mass is 35.5. The Morgan fingerprint density at radius 1 is 1.26 bits per heavy atom. The summed E-state index contributed by atoms with van der Waals surface area (Å²) in [5.41, 5.74) is 2.85. The first-order chi connectivity index (χ1) is 14.8. The maximum Gasteiger partial charge on any atom is 0.267 e. The van der Waals surface area contributed by atoms with Crippen LogP contribution in [-0.2, 0) is 17.8 Å². The number of imidazole rings is 1. The number of unbranched alkanes of at least 4 members (excludes halogenated alkanes) is 2. The zero-order chi connectivity index (χ0) is 22.5. The van der Waals surface area contributed by atoms with Crippen molar-refractivity contribution in [1.82, 2.24) is 13.9 Å². The van der Waals surface area contributed by atoms with E-state index in [2.05, 4.69) is 4.98 Å². The second-order valence-corrected chi connectivity index (χ2v) is 9.44. The van der Waals surface area contributed by atoms with Gasteiger partial charge in [-0.25, -0.2) is 13.5 Å². The van der Waals surface area contributed by atoms with E-state index in [4.69, 9.17) is 11.6 Å². The molecule has 9 heteroatoms. The predicted octanol–water partition coefficient (Wildman–Crippen LogP) is 5.54. The first kappa shape index (κ1) is 23.8. The zero-order valence-electron chi connectivity index (χ0n) is 17.8. The van der Waals surface area contributed by atoms with E-state index in [0.29, 0.717) is 23.6 Å². The molecule has 0 aliphatic rings. The Morgan fingerprint density at radius 3 is 2.68 bits per heavy atom. The van der Waals surface area contributed by atoms with Crippen molar-refractivity contribution in [2.75, 3.05) is 12.8 Å². The zero-order valence-corrected chi connectivity index (χ0v) is 20.2. The van der Waals surface area contributed by atoms with E-state index in [1.54, 1.807) is 30.0 Å². The van der Waals surface area contributed by atoms with Crippen molar-refractivity contribution in [1.29, 1.82) is 0 Å². The summed E-state index contributed by atoms with van der Waals surface area (Å²) in [5, 5.41) is 0.679. The smallest absolute Gasteiger partial charge is 0.267 e. The molecule has 3 rings (SSSR count). The van der Waals surface area contributed by atoms with Gasteiger partial charge in [-0.15, -0.1) is 11.8 Å². The van der Waals surface area contributed by atoms with Crippen molar-refractivity contribution >= 4 is 51.6 Å². The van der Waals surface area contributed by atoms with Gasteiger partial charge < -0.3 is 4.57 Å². The fourth-order valence-corrected chi connectivity index (χ4v) is 4.71. The normalized spacial score (nSPS) is 12.3. The lowest BCUT2D eigenvalue weighted by Gasteiger charge is -2.18. The Labute approximate surface area is 194 Å². The molecule has 1 heterocycles. The van der Waals surface area contributed by atoms with Gasteiger partial charge in [-0.2, -0.15) is 0 Å². The number of rotatable bonds is 9. The van der Waals surface area contributed by atoms with Crippen LogP contribution in [0.3, 0.4) is 0 Å². The molecule has 166 valence electrons. The van der Waals surface area contributed by atoms with Gasteiger partial charge in [0, 0.05) is 22.0 Å². The molecule has 0 saturated carbocycles. The molecule has 6 nitrogen and oxygen atoms in total. The number of carbonyl (C=O) groups is 1. The molecule has 1 N–H and O–H groups in total. The first-order valence-electron chi connectivity index (χ1n) is 10.1. The molecule has 0 aliphatic heterocycles. The number of aryl methyl sites for hydroxylation is 1. The molecule has 0 saturated heterocycles. The molecular weight excluding hydrogens is 454 g/mol. The average molecular weight is 480 g/mol. The SMILES string of the molecule is CCCCCN(C(=O)c1ccc2nc(C)n(Cc3ccc(SC)cc3Cl)c2c1)S(=O)O. The van der Waals surface area contributed by atoms with Crippen LogP contribution in [0, 0.1) is 6.92 Å². The summed E-state index contributed by atoms with van der Waals surface area (Å²) in [6.45, 7) is 4.70. The number of aromatic nitrogens is 2. The van der Waals surface area contributed by atoms with Crippen molar-refractivity contribution in [3.05, 3.63) is 58.4 Å². The summed E-state index contributed by atoms with van der Waals surface area (Å²) in [6.07, 6.45) is 4.54. The van der Waals surface area contributed by atoms with Crippen LogP contribution >= 0.6 is 23.4 Å². The molecule has 0 bridgehead atoms. The van der Waals surface area contributed by atoms with Gasteiger partial charge in [-0.3, -0.25) is 9.35 Å². The Hall–Kier alpha value is -1.87. The van der Waals surface area contributed by atoms with Crippen molar-refractivity contribution in [2.45, 2.75) is 44.6 Å². The standard InChI is InChI=1S/C22H26ClN3O3S2/c1-4-5-6-11-26(31(28)29)22(27)16-8-10-20-21(12-16)25(15(2)24-20)14-17-7-9-18(30-3)13-19(17)23/h7-10,12-13H,4-6,11,14H2,1-3H3,(H,28,29). The number of benzene rings is 2. The lowest BCUT2D eigenvalue weighted by Crippen LogP contribution is -2.33. The number of halogens is 1. The third-order valence-electron chi connectivity index (χ3n) is 5.15. The third kappa shape index (κ3) is 5.49. The topological polar surface area (TPSA) is 75.4 Å². The Kier molecular flexibility index (Phi) is 8.16. The van der Waals surface area contributed by atoms with E-state index in [-0.39, 0.29) is 6.54 Å². The third-order valence-corrected chi connectivity index (χ3v) is 6.96. The number of thioether (sulfide) groups is 1. The van der Waals surface area contributed by atoms with Gasteiger partial charge in [0.15, 0.2) is 0 Å². The quantitative estimate of drug-likeness (QED) is 0.248. The molecule has 0 aliphatic carbocycles. The van der Waals surface area contributed by atoms with Crippen LogP contribution in [0.25, 0.3) is 11.0 Å². The van der Waals surface area contributed by atoms with E-state index in [1.807, 2.05) is 42.9 Å². The highest BCUT2D eigenvalue weighted by Gasteiger charge is 2.21. The number of hydrogen-bond donors (Lipinski definition) is 1. The van der Waals surface area contributed by atoms with E-state index in [9.17, 15) is 13.6 Å². The molecule has 0 spiro atoms. The monoisotopic (exact) mass is 479 g/mol. The van der Waals surface area contributed by atoms with Gasteiger partial charge in [0.1, 0.15) is 5.82 Å². The minimum absolute atomic E-state index is 0.240. The van der Waals surface area contributed by atoms with Crippen molar-refractivity contribution in [3.63, 3.8) is 0 Å². The van der Waals surface area contributed by atoms with Crippen LogP contribution in [0.1, 0.15) is 47.9 Å². The van der Waals surface area contributed by atoms with Crippen LogP contribution in [0.2, 0.25) is 5.02 Å². The van der Waals surface area contributed by atoms with Gasteiger partial charge in [0.25, 0.3) is 17.2 Å². The van der Waals surface area contributed by atoms with Crippen molar-refractivity contribution in [3.8, 4) is 0 Å². The second kappa shape index (κ2) is 10.6. The second-order valence-electron chi connectivity index (χ2n) is 7.25. The molecule has 2 aromatic carbocycles. The average Bonchev–Trinajstić information content (AvgIpc) is 3.06. The molecule has 3 aromatic rings.